The third-order valence-electron chi connectivity index (χ3n) is 1.20. The highest BCUT2D eigenvalue weighted by atomic mass is 35.5. The summed E-state index contributed by atoms with van der Waals surface area (Å²) in [4.78, 5) is 9.79. The van der Waals surface area contributed by atoms with Gasteiger partial charge in [-0.3, -0.25) is 9.47 Å². The number of carbonyl (C=O) groups excluding carboxylic acids is 1. The Morgan fingerprint density at radius 1 is 1.82 bits per heavy atom. The van der Waals surface area contributed by atoms with E-state index in [0.717, 1.165) is 0 Å². The van der Waals surface area contributed by atoms with Gasteiger partial charge in [-0.25, -0.2) is 0 Å². The van der Waals surface area contributed by atoms with Crippen molar-refractivity contribution in [3.63, 3.8) is 0 Å². The molecule has 0 atom stereocenters. The van der Waals surface area contributed by atoms with E-state index in [2.05, 4.69) is 4.74 Å². The second-order valence-electron chi connectivity index (χ2n) is 1.96. The third kappa shape index (κ3) is 1.88. The second-order valence-corrected chi connectivity index (χ2v) is 2.40. The Morgan fingerprint density at radius 2 is 2.55 bits per heavy atom. The van der Waals surface area contributed by atoms with Crippen molar-refractivity contribution in [1.82, 2.24) is 4.68 Å². The van der Waals surface area contributed by atoms with Crippen LogP contribution in [0.3, 0.4) is 0 Å². The van der Waals surface area contributed by atoms with Crippen molar-refractivity contribution in [2.75, 3.05) is 5.84 Å². The Hall–Kier alpha value is -1.16. The molecule has 5 heteroatoms. The molecule has 0 unspecified atom stereocenters. The molecule has 0 aliphatic carbocycles. The van der Waals surface area contributed by atoms with E-state index in [0.29, 0.717) is 17.2 Å². The second kappa shape index (κ2) is 3.30. The summed E-state index contributed by atoms with van der Waals surface area (Å²) in [6.45, 7) is 0.508. The van der Waals surface area contributed by atoms with Crippen LogP contribution in [0, 0.1) is 0 Å². The van der Waals surface area contributed by atoms with Crippen LogP contribution in [0.5, 0.6) is 0 Å². The van der Waals surface area contributed by atoms with Crippen molar-refractivity contribution >= 4 is 18.1 Å². The first-order valence-corrected chi connectivity index (χ1v) is 3.29. The molecule has 11 heavy (non-hydrogen) atoms. The minimum Gasteiger partial charge on any atom is -0.461 e. The van der Waals surface area contributed by atoms with Gasteiger partial charge in [-0.15, -0.1) is 0 Å². The number of hydrogen-bond donors (Lipinski definition) is 1. The van der Waals surface area contributed by atoms with Crippen LogP contribution in [-0.2, 0) is 16.1 Å². The number of hydrogen-bond acceptors (Lipinski definition) is 3. The molecule has 1 rings (SSSR count). The lowest BCUT2D eigenvalue weighted by molar-refractivity contribution is -0.129. The Morgan fingerprint density at radius 3 is 3.00 bits per heavy atom. The van der Waals surface area contributed by atoms with Gasteiger partial charge in [-0.1, -0.05) is 11.6 Å². The van der Waals surface area contributed by atoms with Crippen LogP contribution in [0.2, 0.25) is 5.02 Å². The maximum Gasteiger partial charge on any atom is 0.293 e. The highest BCUT2D eigenvalue weighted by Crippen LogP contribution is 2.11. The lowest BCUT2D eigenvalue weighted by Crippen LogP contribution is -2.11. The third-order valence-corrected chi connectivity index (χ3v) is 1.40. The number of nitrogen functional groups attached to an aromatic ring is 1. The molecule has 0 spiro atoms. The molecule has 0 aromatic carbocycles. The van der Waals surface area contributed by atoms with Gasteiger partial charge >= 0.3 is 0 Å². The first kappa shape index (κ1) is 7.94. The lowest BCUT2D eigenvalue weighted by Gasteiger charge is -1.99. The van der Waals surface area contributed by atoms with Crippen molar-refractivity contribution in [2.24, 2.45) is 0 Å². The maximum absolute atomic E-state index is 9.79. The van der Waals surface area contributed by atoms with Crippen molar-refractivity contribution in [1.29, 1.82) is 0 Å². The van der Waals surface area contributed by atoms with Crippen molar-refractivity contribution in [3.05, 3.63) is 23.0 Å². The zero-order valence-corrected chi connectivity index (χ0v) is 6.41. The highest BCUT2D eigenvalue weighted by molar-refractivity contribution is 6.30. The van der Waals surface area contributed by atoms with E-state index in [1.165, 1.54) is 10.9 Å². The topological polar surface area (TPSA) is 57.2 Å². The molecule has 1 aromatic rings. The number of rotatable bonds is 3. The number of nitrogens with two attached hydrogens (primary N) is 1. The van der Waals surface area contributed by atoms with Crippen LogP contribution in [0.1, 0.15) is 5.69 Å². The fourth-order valence-electron chi connectivity index (χ4n) is 0.722. The molecule has 0 saturated carbocycles. The van der Waals surface area contributed by atoms with E-state index in [1.807, 2.05) is 0 Å². The van der Waals surface area contributed by atoms with E-state index in [4.69, 9.17) is 17.4 Å². The van der Waals surface area contributed by atoms with E-state index in [9.17, 15) is 4.79 Å². The fraction of sp³-hybridized carbons (Fsp3) is 0.167. The fourth-order valence-corrected chi connectivity index (χ4v) is 0.953. The normalized spacial score (nSPS) is 9.55. The minimum atomic E-state index is 0.146. The predicted molar refractivity (Wildman–Crippen MR) is 40.4 cm³/mol. The molecule has 0 bridgehead atoms. The standard InChI is InChI=1S/C6H7ClN2O2/c7-5-1-6(3-11-4-10)9(8)2-5/h1-2,4H,3,8H2. The molecule has 1 aromatic heterocycles. The van der Waals surface area contributed by atoms with Gasteiger partial charge in [0.15, 0.2) is 0 Å². The quantitative estimate of drug-likeness (QED) is 0.537. The monoisotopic (exact) mass is 174 g/mol. The Labute approximate surface area is 68.5 Å². The molecule has 0 aliphatic heterocycles. The Kier molecular flexibility index (Phi) is 2.38. The first-order valence-electron chi connectivity index (χ1n) is 2.91. The van der Waals surface area contributed by atoms with Crippen LogP contribution in [0.15, 0.2) is 12.3 Å². The number of halogens is 1. The number of nitrogens with zero attached hydrogens (tertiary/aromatic N) is 1. The summed E-state index contributed by atoms with van der Waals surface area (Å²) in [5, 5.41) is 0.525. The van der Waals surface area contributed by atoms with Gasteiger partial charge in [0.05, 0.1) is 10.7 Å². The molecule has 1 heterocycles. The van der Waals surface area contributed by atoms with Gasteiger partial charge in [0.25, 0.3) is 6.47 Å². The smallest absolute Gasteiger partial charge is 0.293 e. The molecular formula is C6H7ClN2O2. The summed E-state index contributed by atoms with van der Waals surface area (Å²) in [6, 6.07) is 1.63. The average Bonchev–Trinajstić information content (AvgIpc) is 2.26. The summed E-state index contributed by atoms with van der Waals surface area (Å²) >= 11 is 5.60. The van der Waals surface area contributed by atoms with Gasteiger partial charge in [0.1, 0.15) is 6.61 Å². The van der Waals surface area contributed by atoms with Gasteiger partial charge in [0, 0.05) is 6.20 Å². The summed E-state index contributed by atoms with van der Waals surface area (Å²) in [6.07, 6.45) is 1.53. The molecular weight excluding hydrogens is 168 g/mol. The molecule has 60 valence electrons. The van der Waals surface area contributed by atoms with Gasteiger partial charge in [-0.05, 0) is 6.07 Å². The Bertz CT molecular complexity index is 259. The van der Waals surface area contributed by atoms with Crippen molar-refractivity contribution in [3.8, 4) is 0 Å². The summed E-state index contributed by atoms with van der Waals surface area (Å²) in [5.74, 6) is 5.42. The highest BCUT2D eigenvalue weighted by Gasteiger charge is 2.00. The molecule has 0 aliphatic rings. The predicted octanol–water partition coefficient (Wildman–Crippen LogP) is 0.528. The van der Waals surface area contributed by atoms with E-state index in [-0.39, 0.29) is 6.61 Å². The number of aromatic nitrogens is 1. The average molecular weight is 175 g/mol. The van der Waals surface area contributed by atoms with Gasteiger partial charge < -0.3 is 10.6 Å². The van der Waals surface area contributed by atoms with Crippen LogP contribution < -0.4 is 5.84 Å². The Balaban J connectivity index is 2.69. The molecule has 2 N–H and O–H groups in total. The van der Waals surface area contributed by atoms with Crippen LogP contribution in [0.4, 0.5) is 0 Å². The van der Waals surface area contributed by atoms with Crippen LogP contribution >= 0.6 is 11.6 Å². The molecule has 0 saturated heterocycles. The molecule has 0 amide bonds. The molecule has 0 radical (unpaired) electrons. The zero-order valence-electron chi connectivity index (χ0n) is 5.66. The first-order chi connectivity index (χ1) is 5.24. The van der Waals surface area contributed by atoms with E-state index >= 15 is 0 Å². The van der Waals surface area contributed by atoms with Crippen LogP contribution in [-0.4, -0.2) is 11.1 Å². The molecule has 4 nitrogen and oxygen atoms in total. The summed E-state index contributed by atoms with van der Waals surface area (Å²) in [7, 11) is 0. The number of carbonyl (C=O) groups is 1. The SMILES string of the molecule is Nn1cc(Cl)cc1COC=O. The number of ether oxygens (including phenoxy) is 1. The maximum atomic E-state index is 9.79. The van der Waals surface area contributed by atoms with Gasteiger partial charge in [0.2, 0.25) is 0 Å². The summed E-state index contributed by atoms with van der Waals surface area (Å²) < 4.78 is 5.79. The van der Waals surface area contributed by atoms with Crippen molar-refractivity contribution in [2.45, 2.75) is 6.61 Å². The van der Waals surface area contributed by atoms with E-state index in [1.54, 1.807) is 6.07 Å². The van der Waals surface area contributed by atoms with Crippen LogP contribution in [0.25, 0.3) is 0 Å². The summed E-state index contributed by atoms with van der Waals surface area (Å²) in [5.41, 5.74) is 0.655. The van der Waals surface area contributed by atoms with Gasteiger partial charge in [-0.2, -0.15) is 0 Å². The zero-order chi connectivity index (χ0) is 8.27. The largest absolute Gasteiger partial charge is 0.461 e. The van der Waals surface area contributed by atoms with Crippen molar-refractivity contribution < 1.29 is 9.53 Å². The van der Waals surface area contributed by atoms with E-state index < -0.39 is 0 Å². The minimum absolute atomic E-state index is 0.146. The molecule has 0 fully saturated rings. The lowest BCUT2D eigenvalue weighted by atomic mass is 10.5.